The number of ether oxygens (including phenoxy) is 1. The molecule has 0 saturated heterocycles. The first-order valence-corrected chi connectivity index (χ1v) is 5.36. The Bertz CT molecular complexity index is 431. The first-order chi connectivity index (χ1) is 7.84. The van der Waals surface area contributed by atoms with E-state index in [0.29, 0.717) is 12.4 Å². The lowest BCUT2D eigenvalue weighted by molar-refractivity contribution is 0.319. The molecule has 0 atom stereocenters. The number of nitrogens with zero attached hydrogens (tertiary/aromatic N) is 2. The summed E-state index contributed by atoms with van der Waals surface area (Å²) in [6.45, 7) is 0.606. The molecular formula is C12H11ClN2O. The zero-order valence-corrected chi connectivity index (χ0v) is 9.39. The van der Waals surface area contributed by atoms with Gasteiger partial charge in [-0.3, -0.25) is 0 Å². The van der Waals surface area contributed by atoms with Crippen LogP contribution in [0.1, 0.15) is 5.56 Å². The lowest BCUT2D eigenvalue weighted by Gasteiger charge is -2.04. The van der Waals surface area contributed by atoms with Crippen molar-refractivity contribution in [3.63, 3.8) is 0 Å². The first-order valence-electron chi connectivity index (χ1n) is 4.99. The normalized spacial score (nSPS) is 10.1. The van der Waals surface area contributed by atoms with E-state index in [4.69, 9.17) is 16.3 Å². The molecule has 0 spiro atoms. The van der Waals surface area contributed by atoms with Crippen LogP contribution in [0, 0.1) is 0 Å². The van der Waals surface area contributed by atoms with E-state index in [1.54, 1.807) is 12.4 Å². The third kappa shape index (κ3) is 3.21. The minimum atomic E-state index is 0.232. The maximum absolute atomic E-state index is 5.56. The highest BCUT2D eigenvalue weighted by atomic mass is 35.5. The zero-order chi connectivity index (χ0) is 11.2. The molecule has 2 rings (SSSR count). The average Bonchev–Trinajstić information content (AvgIpc) is 2.33. The van der Waals surface area contributed by atoms with E-state index in [-0.39, 0.29) is 5.28 Å². The highest BCUT2D eigenvalue weighted by Crippen LogP contribution is 2.09. The van der Waals surface area contributed by atoms with Crippen LogP contribution < -0.4 is 4.74 Å². The molecular weight excluding hydrogens is 224 g/mol. The van der Waals surface area contributed by atoms with Crippen molar-refractivity contribution >= 4 is 11.6 Å². The van der Waals surface area contributed by atoms with E-state index in [1.165, 1.54) is 5.56 Å². The fraction of sp³-hybridized carbons (Fsp3) is 0.167. The molecule has 0 aliphatic heterocycles. The van der Waals surface area contributed by atoms with Gasteiger partial charge in [-0.05, 0) is 17.2 Å². The Kier molecular flexibility index (Phi) is 3.72. The summed E-state index contributed by atoms with van der Waals surface area (Å²) in [4.78, 5) is 7.67. The van der Waals surface area contributed by atoms with E-state index in [1.807, 2.05) is 18.2 Å². The van der Waals surface area contributed by atoms with Crippen LogP contribution in [0.15, 0.2) is 42.7 Å². The van der Waals surface area contributed by atoms with E-state index in [0.717, 1.165) is 6.42 Å². The van der Waals surface area contributed by atoms with Crippen molar-refractivity contribution in [3.05, 3.63) is 53.6 Å². The summed E-state index contributed by atoms with van der Waals surface area (Å²) in [5.74, 6) is 0.639. The molecule has 0 saturated carbocycles. The van der Waals surface area contributed by atoms with E-state index < -0.39 is 0 Å². The molecule has 0 aliphatic rings. The molecule has 0 aliphatic carbocycles. The number of aromatic nitrogens is 2. The van der Waals surface area contributed by atoms with Gasteiger partial charge in [0.05, 0.1) is 19.0 Å². The van der Waals surface area contributed by atoms with Gasteiger partial charge in [-0.2, -0.15) is 0 Å². The minimum Gasteiger partial charge on any atom is -0.490 e. The van der Waals surface area contributed by atoms with Crippen LogP contribution in [-0.4, -0.2) is 16.6 Å². The largest absolute Gasteiger partial charge is 0.490 e. The summed E-state index contributed by atoms with van der Waals surface area (Å²) in [7, 11) is 0. The zero-order valence-electron chi connectivity index (χ0n) is 8.64. The SMILES string of the molecule is Clc1ncc(OCCc2ccccc2)cn1. The Morgan fingerprint density at radius 1 is 1.06 bits per heavy atom. The number of hydrogen-bond acceptors (Lipinski definition) is 3. The van der Waals surface area contributed by atoms with Crippen molar-refractivity contribution in [1.29, 1.82) is 0 Å². The van der Waals surface area contributed by atoms with Crippen molar-refractivity contribution < 1.29 is 4.74 Å². The Balaban J connectivity index is 1.82. The molecule has 16 heavy (non-hydrogen) atoms. The maximum atomic E-state index is 5.56. The van der Waals surface area contributed by atoms with Crippen LogP contribution in [-0.2, 0) is 6.42 Å². The van der Waals surface area contributed by atoms with Crippen LogP contribution in [0.4, 0.5) is 0 Å². The fourth-order valence-corrected chi connectivity index (χ4v) is 1.40. The summed E-state index contributed by atoms with van der Waals surface area (Å²) in [5, 5.41) is 0.232. The van der Waals surface area contributed by atoms with Crippen LogP contribution in [0.2, 0.25) is 5.28 Å². The van der Waals surface area contributed by atoms with Gasteiger partial charge in [0.2, 0.25) is 5.28 Å². The van der Waals surface area contributed by atoms with Gasteiger partial charge in [0, 0.05) is 6.42 Å². The number of benzene rings is 1. The van der Waals surface area contributed by atoms with Gasteiger partial charge in [0.25, 0.3) is 0 Å². The van der Waals surface area contributed by atoms with Gasteiger partial charge in [0.1, 0.15) is 0 Å². The molecule has 1 aromatic carbocycles. The summed E-state index contributed by atoms with van der Waals surface area (Å²) < 4.78 is 5.48. The molecule has 0 bridgehead atoms. The van der Waals surface area contributed by atoms with Crippen LogP contribution >= 0.6 is 11.6 Å². The van der Waals surface area contributed by atoms with Crippen molar-refractivity contribution in [1.82, 2.24) is 9.97 Å². The summed E-state index contributed by atoms with van der Waals surface area (Å²) in [5.41, 5.74) is 1.25. The van der Waals surface area contributed by atoms with E-state index in [9.17, 15) is 0 Å². The molecule has 3 nitrogen and oxygen atoms in total. The molecule has 0 unspecified atom stereocenters. The Morgan fingerprint density at radius 3 is 2.44 bits per heavy atom. The molecule has 1 aromatic heterocycles. The van der Waals surface area contributed by atoms with Gasteiger partial charge in [-0.15, -0.1) is 0 Å². The number of halogens is 1. The van der Waals surface area contributed by atoms with Crippen molar-refractivity contribution in [2.45, 2.75) is 6.42 Å². The third-order valence-electron chi connectivity index (χ3n) is 2.10. The van der Waals surface area contributed by atoms with Crippen molar-refractivity contribution in [3.8, 4) is 5.75 Å². The Hall–Kier alpha value is -1.61. The highest BCUT2D eigenvalue weighted by molar-refractivity contribution is 6.28. The van der Waals surface area contributed by atoms with E-state index >= 15 is 0 Å². The van der Waals surface area contributed by atoms with Crippen molar-refractivity contribution in [2.24, 2.45) is 0 Å². The predicted molar refractivity (Wildman–Crippen MR) is 62.7 cm³/mol. The number of rotatable bonds is 4. The fourth-order valence-electron chi connectivity index (χ4n) is 1.31. The van der Waals surface area contributed by atoms with E-state index in [2.05, 4.69) is 22.1 Å². The Morgan fingerprint density at radius 2 is 1.75 bits per heavy atom. The quantitative estimate of drug-likeness (QED) is 0.763. The van der Waals surface area contributed by atoms with Crippen LogP contribution in [0.3, 0.4) is 0 Å². The molecule has 4 heteroatoms. The lowest BCUT2D eigenvalue weighted by Crippen LogP contribution is -2.01. The third-order valence-corrected chi connectivity index (χ3v) is 2.29. The highest BCUT2D eigenvalue weighted by Gasteiger charge is 1.96. The second-order valence-electron chi connectivity index (χ2n) is 3.27. The molecule has 0 amide bonds. The molecule has 1 heterocycles. The minimum absolute atomic E-state index is 0.232. The van der Waals surface area contributed by atoms with Gasteiger partial charge in [-0.1, -0.05) is 30.3 Å². The lowest BCUT2D eigenvalue weighted by atomic mass is 10.2. The maximum Gasteiger partial charge on any atom is 0.222 e. The molecule has 0 N–H and O–H groups in total. The second kappa shape index (κ2) is 5.47. The van der Waals surface area contributed by atoms with Gasteiger partial charge < -0.3 is 4.74 Å². The molecule has 82 valence electrons. The van der Waals surface area contributed by atoms with Gasteiger partial charge >= 0.3 is 0 Å². The predicted octanol–water partition coefficient (Wildman–Crippen LogP) is 2.75. The second-order valence-corrected chi connectivity index (χ2v) is 3.61. The van der Waals surface area contributed by atoms with Gasteiger partial charge in [0.15, 0.2) is 5.75 Å². The molecule has 0 fully saturated rings. The van der Waals surface area contributed by atoms with Crippen molar-refractivity contribution in [2.75, 3.05) is 6.61 Å². The summed E-state index contributed by atoms with van der Waals surface area (Å²) in [6, 6.07) is 10.2. The average molecular weight is 235 g/mol. The number of hydrogen-bond donors (Lipinski definition) is 0. The standard InChI is InChI=1S/C12H11ClN2O/c13-12-14-8-11(9-15-12)16-7-6-10-4-2-1-3-5-10/h1-5,8-9H,6-7H2. The first kappa shape index (κ1) is 10.9. The Labute approximate surface area is 99.1 Å². The van der Waals surface area contributed by atoms with Crippen LogP contribution in [0.5, 0.6) is 5.75 Å². The molecule has 0 radical (unpaired) electrons. The summed E-state index contributed by atoms with van der Waals surface area (Å²) in [6.07, 6.45) is 4.00. The topological polar surface area (TPSA) is 35.0 Å². The summed E-state index contributed by atoms with van der Waals surface area (Å²) >= 11 is 5.56. The van der Waals surface area contributed by atoms with Gasteiger partial charge in [-0.25, -0.2) is 9.97 Å². The van der Waals surface area contributed by atoms with Crippen LogP contribution in [0.25, 0.3) is 0 Å². The smallest absolute Gasteiger partial charge is 0.222 e. The molecule has 2 aromatic rings. The monoisotopic (exact) mass is 234 g/mol.